The largest absolute Gasteiger partial charge is 0.494 e. The van der Waals surface area contributed by atoms with Crippen molar-refractivity contribution < 1.29 is 4.74 Å². The minimum absolute atomic E-state index is 0.840. The first-order valence-corrected chi connectivity index (χ1v) is 10.1. The SMILES string of the molecule is CCCCCCCCC=c1ccc(=Cc2[nH]c(-c3ccc[nH]3)cc2OC)[nH]1. The molecule has 0 aliphatic heterocycles. The summed E-state index contributed by atoms with van der Waals surface area (Å²) in [5.41, 5.74) is 3.03. The zero-order valence-electron chi connectivity index (χ0n) is 16.5. The van der Waals surface area contributed by atoms with Gasteiger partial charge in [-0.1, -0.05) is 45.1 Å². The molecule has 3 aromatic rings. The zero-order chi connectivity index (χ0) is 18.9. The highest BCUT2D eigenvalue weighted by Gasteiger charge is 2.08. The molecule has 0 amide bonds. The lowest BCUT2D eigenvalue weighted by atomic mass is 10.1. The standard InChI is InChI=1S/C23H31N3O/c1-3-4-5-6-7-8-9-11-18-13-14-19(25-18)16-22-23(27-2)17-21(26-22)20-12-10-15-24-20/h10-17,24-26H,3-9H2,1-2H3. The molecule has 4 heteroatoms. The Morgan fingerprint density at radius 3 is 2.52 bits per heavy atom. The van der Waals surface area contributed by atoms with Crippen molar-refractivity contribution in [3.8, 4) is 17.1 Å². The van der Waals surface area contributed by atoms with Crippen LogP contribution in [-0.2, 0) is 0 Å². The molecular formula is C23H31N3O. The van der Waals surface area contributed by atoms with Crippen LogP contribution < -0.4 is 15.4 Å². The van der Waals surface area contributed by atoms with Crippen molar-refractivity contribution in [1.29, 1.82) is 0 Å². The van der Waals surface area contributed by atoms with Crippen LogP contribution in [0, 0.1) is 0 Å². The van der Waals surface area contributed by atoms with Crippen LogP contribution in [-0.4, -0.2) is 22.1 Å². The van der Waals surface area contributed by atoms with Gasteiger partial charge in [-0.15, -0.1) is 0 Å². The first-order valence-electron chi connectivity index (χ1n) is 10.1. The Labute approximate surface area is 161 Å². The van der Waals surface area contributed by atoms with Gasteiger partial charge in [0.25, 0.3) is 0 Å². The van der Waals surface area contributed by atoms with E-state index in [2.05, 4.69) is 46.2 Å². The fourth-order valence-electron chi connectivity index (χ4n) is 3.34. The van der Waals surface area contributed by atoms with Crippen molar-refractivity contribution in [2.75, 3.05) is 7.11 Å². The third kappa shape index (κ3) is 5.43. The lowest BCUT2D eigenvalue weighted by molar-refractivity contribution is 0.414. The van der Waals surface area contributed by atoms with Gasteiger partial charge in [0.1, 0.15) is 5.75 Å². The number of hydrogen-bond acceptors (Lipinski definition) is 1. The second-order valence-electron chi connectivity index (χ2n) is 7.02. The van der Waals surface area contributed by atoms with E-state index in [0.717, 1.165) is 34.6 Å². The minimum Gasteiger partial charge on any atom is -0.494 e. The summed E-state index contributed by atoms with van der Waals surface area (Å²) >= 11 is 0. The summed E-state index contributed by atoms with van der Waals surface area (Å²) in [7, 11) is 1.70. The maximum absolute atomic E-state index is 5.52. The number of aromatic amines is 3. The molecule has 3 rings (SSSR count). The van der Waals surface area contributed by atoms with Gasteiger partial charge in [-0.3, -0.25) is 0 Å². The molecule has 3 N–H and O–H groups in total. The molecule has 0 unspecified atom stereocenters. The predicted molar refractivity (Wildman–Crippen MR) is 113 cm³/mol. The average Bonchev–Trinajstić information content (AvgIpc) is 3.42. The topological polar surface area (TPSA) is 56.6 Å². The van der Waals surface area contributed by atoms with Gasteiger partial charge in [0, 0.05) is 23.0 Å². The number of H-pyrrole nitrogens is 3. The molecule has 0 spiro atoms. The Balaban J connectivity index is 1.65. The monoisotopic (exact) mass is 365 g/mol. The first-order chi connectivity index (χ1) is 13.3. The number of unbranched alkanes of at least 4 members (excludes halogenated alkanes) is 6. The van der Waals surface area contributed by atoms with Gasteiger partial charge in [0.2, 0.25) is 0 Å². The predicted octanol–water partition coefficient (Wildman–Crippen LogP) is 4.71. The van der Waals surface area contributed by atoms with E-state index in [1.807, 2.05) is 24.4 Å². The molecule has 0 bridgehead atoms. The Bertz CT molecular complexity index is 915. The van der Waals surface area contributed by atoms with E-state index in [1.54, 1.807) is 7.11 Å². The molecule has 3 aromatic heterocycles. The van der Waals surface area contributed by atoms with Crippen LogP contribution in [0.3, 0.4) is 0 Å². The lowest BCUT2D eigenvalue weighted by Gasteiger charge is -1.97. The highest BCUT2D eigenvalue weighted by molar-refractivity contribution is 5.65. The lowest BCUT2D eigenvalue weighted by Crippen LogP contribution is -2.09. The Morgan fingerprint density at radius 2 is 1.74 bits per heavy atom. The third-order valence-corrected chi connectivity index (χ3v) is 4.87. The zero-order valence-corrected chi connectivity index (χ0v) is 16.5. The molecule has 0 saturated heterocycles. The van der Waals surface area contributed by atoms with E-state index in [1.165, 1.54) is 43.9 Å². The van der Waals surface area contributed by atoms with E-state index < -0.39 is 0 Å². The first kappa shape index (κ1) is 19.2. The fourth-order valence-corrected chi connectivity index (χ4v) is 3.34. The van der Waals surface area contributed by atoms with E-state index in [9.17, 15) is 0 Å². The van der Waals surface area contributed by atoms with Crippen LogP contribution in [0.25, 0.3) is 23.5 Å². The van der Waals surface area contributed by atoms with Crippen LogP contribution in [0.1, 0.15) is 57.6 Å². The van der Waals surface area contributed by atoms with Gasteiger partial charge in [-0.05, 0) is 43.2 Å². The van der Waals surface area contributed by atoms with E-state index in [4.69, 9.17) is 4.74 Å². The molecule has 27 heavy (non-hydrogen) atoms. The second kappa shape index (κ2) is 9.91. The molecule has 0 aliphatic carbocycles. The molecule has 4 nitrogen and oxygen atoms in total. The van der Waals surface area contributed by atoms with E-state index >= 15 is 0 Å². The molecule has 0 fully saturated rings. The highest BCUT2D eigenvalue weighted by Crippen LogP contribution is 2.26. The van der Waals surface area contributed by atoms with Crippen LogP contribution in [0.2, 0.25) is 0 Å². The Hall–Kier alpha value is -2.62. The smallest absolute Gasteiger partial charge is 0.144 e. The Morgan fingerprint density at radius 1 is 0.926 bits per heavy atom. The summed E-state index contributed by atoms with van der Waals surface area (Å²) in [6.07, 6.45) is 15.5. The van der Waals surface area contributed by atoms with Gasteiger partial charge in [0.05, 0.1) is 24.2 Å². The molecular weight excluding hydrogens is 334 g/mol. The summed E-state index contributed by atoms with van der Waals surface area (Å²) in [6, 6.07) is 10.3. The average molecular weight is 366 g/mol. The molecule has 0 aromatic carbocycles. The van der Waals surface area contributed by atoms with Crippen molar-refractivity contribution in [3.05, 3.63) is 52.9 Å². The van der Waals surface area contributed by atoms with Crippen molar-refractivity contribution in [2.24, 2.45) is 0 Å². The highest BCUT2D eigenvalue weighted by atomic mass is 16.5. The quantitative estimate of drug-likeness (QED) is 0.448. The molecule has 0 atom stereocenters. The van der Waals surface area contributed by atoms with Gasteiger partial charge >= 0.3 is 0 Å². The second-order valence-corrected chi connectivity index (χ2v) is 7.02. The number of nitrogens with one attached hydrogen (secondary N) is 3. The van der Waals surface area contributed by atoms with Crippen molar-refractivity contribution in [3.63, 3.8) is 0 Å². The van der Waals surface area contributed by atoms with Gasteiger partial charge in [-0.2, -0.15) is 0 Å². The fraction of sp³-hybridized carbons (Fsp3) is 0.391. The van der Waals surface area contributed by atoms with E-state index in [-0.39, 0.29) is 0 Å². The molecule has 3 heterocycles. The number of hydrogen-bond donors (Lipinski definition) is 3. The van der Waals surface area contributed by atoms with Crippen LogP contribution >= 0.6 is 0 Å². The minimum atomic E-state index is 0.840. The maximum atomic E-state index is 5.52. The van der Waals surface area contributed by atoms with E-state index in [0.29, 0.717) is 0 Å². The number of methoxy groups -OCH3 is 1. The van der Waals surface area contributed by atoms with Crippen LogP contribution in [0.15, 0.2) is 36.5 Å². The molecule has 0 radical (unpaired) electrons. The number of rotatable bonds is 10. The summed E-state index contributed by atoms with van der Waals surface area (Å²) in [5.74, 6) is 0.840. The van der Waals surface area contributed by atoms with Crippen LogP contribution in [0.5, 0.6) is 5.75 Å². The van der Waals surface area contributed by atoms with Gasteiger partial charge in [-0.25, -0.2) is 0 Å². The summed E-state index contributed by atoms with van der Waals surface area (Å²) in [5, 5.41) is 2.26. The van der Waals surface area contributed by atoms with Crippen molar-refractivity contribution >= 4 is 12.2 Å². The molecule has 144 valence electrons. The Kier molecular flexibility index (Phi) is 7.03. The number of aromatic nitrogens is 3. The van der Waals surface area contributed by atoms with Crippen LogP contribution in [0.4, 0.5) is 0 Å². The van der Waals surface area contributed by atoms with Gasteiger partial charge < -0.3 is 19.7 Å². The number of ether oxygens (including phenoxy) is 1. The molecule has 0 saturated carbocycles. The van der Waals surface area contributed by atoms with Crippen molar-refractivity contribution in [1.82, 2.24) is 15.0 Å². The third-order valence-electron chi connectivity index (χ3n) is 4.87. The normalized spacial score (nSPS) is 12.8. The summed E-state index contributed by atoms with van der Waals surface area (Å²) < 4.78 is 5.52. The van der Waals surface area contributed by atoms with Crippen molar-refractivity contribution in [2.45, 2.75) is 51.9 Å². The van der Waals surface area contributed by atoms with Gasteiger partial charge in [0.15, 0.2) is 0 Å². The maximum Gasteiger partial charge on any atom is 0.144 e. The summed E-state index contributed by atoms with van der Waals surface area (Å²) in [4.78, 5) is 10.1. The molecule has 0 aliphatic rings. The summed E-state index contributed by atoms with van der Waals surface area (Å²) in [6.45, 7) is 2.26.